The average Bonchev–Trinajstić information content (AvgIpc) is 3.20. The molecule has 6 N–H and O–H groups in total. The fourth-order valence-corrected chi connectivity index (χ4v) is 4.41. The molecule has 3 aromatic rings. The molecule has 3 rings (SSSR count). The van der Waals surface area contributed by atoms with Crippen molar-refractivity contribution >= 4 is 51.5 Å². The number of fused-ring (bicyclic) bond motifs is 1. The van der Waals surface area contributed by atoms with E-state index in [0.717, 1.165) is 22.0 Å². The van der Waals surface area contributed by atoms with Gasteiger partial charge in [0, 0.05) is 35.6 Å². The van der Waals surface area contributed by atoms with Crippen molar-refractivity contribution in [2.24, 2.45) is 5.73 Å². The van der Waals surface area contributed by atoms with Crippen molar-refractivity contribution < 1.29 is 14.7 Å². The van der Waals surface area contributed by atoms with E-state index in [2.05, 4.69) is 15.6 Å². The second kappa shape index (κ2) is 11.0. The van der Waals surface area contributed by atoms with Crippen LogP contribution in [-0.2, 0) is 16.0 Å². The van der Waals surface area contributed by atoms with Gasteiger partial charge in [0.1, 0.15) is 0 Å². The van der Waals surface area contributed by atoms with E-state index in [1.807, 2.05) is 49.5 Å². The van der Waals surface area contributed by atoms with Crippen LogP contribution in [0.5, 0.6) is 0 Å². The molecular weight excluding hydrogens is 472 g/mol. The van der Waals surface area contributed by atoms with Gasteiger partial charge in [-0.3, -0.25) is 9.59 Å². The van der Waals surface area contributed by atoms with E-state index in [9.17, 15) is 14.7 Å². The Hall–Kier alpha value is -2.94. The number of nitrogens with one attached hydrogen (secondary N) is 3. The largest absolute Gasteiger partial charge is 0.381 e. The number of para-hydroxylation sites is 1. The quantitative estimate of drug-likeness (QED) is 0.274. The third kappa shape index (κ3) is 6.14. The summed E-state index contributed by atoms with van der Waals surface area (Å²) >= 11 is 11.4. The lowest BCUT2D eigenvalue weighted by atomic mass is 9.84. The van der Waals surface area contributed by atoms with Crippen LogP contribution in [0.3, 0.4) is 0 Å². The van der Waals surface area contributed by atoms with Crippen LogP contribution in [0.15, 0.2) is 54.7 Å². The van der Waals surface area contributed by atoms with Crippen LogP contribution in [0.4, 0.5) is 0 Å². The highest BCUT2D eigenvalue weighted by Gasteiger charge is 2.40. The summed E-state index contributed by atoms with van der Waals surface area (Å²) in [5.74, 6) is -1.71. The van der Waals surface area contributed by atoms with Crippen molar-refractivity contribution in [1.82, 2.24) is 15.6 Å². The number of carbonyl (C=O) groups excluding carboxylic acids is 2. The molecule has 1 heterocycles. The van der Waals surface area contributed by atoms with Crippen LogP contribution in [0.1, 0.15) is 36.8 Å². The summed E-state index contributed by atoms with van der Waals surface area (Å²) in [6, 6.07) is 14.4. The monoisotopic (exact) mass is 500 g/mol. The Labute approximate surface area is 209 Å². The van der Waals surface area contributed by atoms with E-state index in [0.29, 0.717) is 16.4 Å². The SMILES string of the molecule is CNC(=S)C(Cc1c[nH]c2ccccc12)NC(=O)C(O)(CC(N)=O)CC(C)c1ccc(Cl)cc1. The highest BCUT2D eigenvalue weighted by atomic mass is 35.5. The van der Waals surface area contributed by atoms with Crippen molar-refractivity contribution in [3.8, 4) is 0 Å². The molecule has 7 nitrogen and oxygen atoms in total. The number of thiocarbonyl (C=S) groups is 1. The van der Waals surface area contributed by atoms with Gasteiger partial charge in [0.25, 0.3) is 5.91 Å². The molecular formula is C25H29ClN4O3S. The van der Waals surface area contributed by atoms with E-state index >= 15 is 0 Å². The summed E-state index contributed by atoms with van der Waals surface area (Å²) in [4.78, 5) is 28.8. The Bertz CT molecular complexity index is 1180. The molecule has 2 amide bonds. The first-order chi connectivity index (χ1) is 16.1. The first-order valence-electron chi connectivity index (χ1n) is 11.0. The number of hydrogen-bond acceptors (Lipinski definition) is 4. The van der Waals surface area contributed by atoms with Crippen LogP contribution in [0.25, 0.3) is 10.9 Å². The van der Waals surface area contributed by atoms with E-state index in [1.54, 1.807) is 19.2 Å². The van der Waals surface area contributed by atoms with E-state index in [-0.39, 0.29) is 12.3 Å². The van der Waals surface area contributed by atoms with E-state index in [1.165, 1.54) is 0 Å². The fourth-order valence-electron chi connectivity index (χ4n) is 4.15. The second-order valence-corrected chi connectivity index (χ2v) is 9.41. The summed E-state index contributed by atoms with van der Waals surface area (Å²) < 4.78 is 0. The average molecular weight is 501 g/mol. The predicted octanol–water partition coefficient (Wildman–Crippen LogP) is 3.20. The Kier molecular flexibility index (Phi) is 8.30. The smallest absolute Gasteiger partial charge is 0.253 e. The number of hydrogen-bond donors (Lipinski definition) is 5. The van der Waals surface area contributed by atoms with Gasteiger partial charge in [0.15, 0.2) is 5.60 Å². The Balaban J connectivity index is 1.83. The summed E-state index contributed by atoms with van der Waals surface area (Å²) in [6.07, 6.45) is 1.76. The van der Waals surface area contributed by atoms with Crippen LogP contribution < -0.4 is 16.4 Å². The number of aliphatic hydroxyl groups is 1. The third-order valence-corrected chi connectivity index (χ3v) is 6.68. The summed E-state index contributed by atoms with van der Waals surface area (Å²) in [5.41, 5.74) is 6.21. The van der Waals surface area contributed by atoms with Gasteiger partial charge >= 0.3 is 0 Å². The zero-order valence-corrected chi connectivity index (χ0v) is 20.7. The van der Waals surface area contributed by atoms with E-state index < -0.39 is 29.9 Å². The number of benzene rings is 2. The molecule has 3 unspecified atom stereocenters. The van der Waals surface area contributed by atoms with E-state index in [4.69, 9.17) is 29.6 Å². The molecule has 0 aliphatic carbocycles. The van der Waals surface area contributed by atoms with Gasteiger partial charge in [-0.2, -0.15) is 0 Å². The number of primary amides is 1. The van der Waals surface area contributed by atoms with Crippen LogP contribution in [0, 0.1) is 0 Å². The molecule has 0 saturated carbocycles. The number of amides is 2. The van der Waals surface area contributed by atoms with Gasteiger partial charge in [-0.15, -0.1) is 0 Å². The Morgan fingerprint density at radius 3 is 2.53 bits per heavy atom. The first kappa shape index (κ1) is 25.7. The standard InChI is InChI=1S/C25H29ClN4O3S/c1-15(16-7-9-18(26)10-8-16)12-25(33,13-22(27)31)24(32)30-21(23(34)28-2)11-17-14-29-20-6-4-3-5-19(17)20/h3-10,14-15,21,29,33H,11-13H2,1-2H3,(H2,27,31)(H,28,34)(H,30,32). The molecule has 2 aromatic carbocycles. The summed E-state index contributed by atoms with van der Waals surface area (Å²) in [5, 5.41) is 18.7. The lowest BCUT2D eigenvalue weighted by Gasteiger charge is -2.31. The Morgan fingerprint density at radius 1 is 1.21 bits per heavy atom. The third-order valence-electron chi connectivity index (χ3n) is 5.94. The maximum absolute atomic E-state index is 13.4. The van der Waals surface area contributed by atoms with Crippen molar-refractivity contribution in [1.29, 1.82) is 0 Å². The van der Waals surface area contributed by atoms with Gasteiger partial charge in [0.2, 0.25) is 5.91 Å². The van der Waals surface area contributed by atoms with Gasteiger partial charge in [-0.1, -0.05) is 61.1 Å². The molecule has 0 fully saturated rings. The molecule has 34 heavy (non-hydrogen) atoms. The topological polar surface area (TPSA) is 120 Å². The number of rotatable bonds is 10. The lowest BCUT2D eigenvalue weighted by molar-refractivity contribution is -0.146. The highest BCUT2D eigenvalue weighted by molar-refractivity contribution is 7.80. The fraction of sp³-hybridized carbons (Fsp3) is 0.320. The summed E-state index contributed by atoms with van der Waals surface area (Å²) in [6.45, 7) is 1.87. The van der Waals surface area contributed by atoms with Crippen molar-refractivity contribution in [2.75, 3.05) is 7.05 Å². The molecule has 3 atom stereocenters. The zero-order valence-electron chi connectivity index (χ0n) is 19.1. The molecule has 9 heteroatoms. The van der Waals surface area contributed by atoms with Crippen LogP contribution in [0.2, 0.25) is 5.02 Å². The molecule has 0 aliphatic rings. The van der Waals surface area contributed by atoms with Crippen molar-refractivity contribution in [3.63, 3.8) is 0 Å². The molecule has 0 aliphatic heterocycles. The zero-order chi connectivity index (χ0) is 24.9. The lowest BCUT2D eigenvalue weighted by Crippen LogP contribution is -2.56. The van der Waals surface area contributed by atoms with Gasteiger partial charge in [0.05, 0.1) is 17.5 Å². The van der Waals surface area contributed by atoms with Crippen LogP contribution in [-0.4, -0.2) is 45.6 Å². The maximum Gasteiger partial charge on any atom is 0.253 e. The van der Waals surface area contributed by atoms with Gasteiger partial charge in [-0.05, 0) is 41.7 Å². The van der Waals surface area contributed by atoms with Gasteiger partial charge < -0.3 is 26.5 Å². The first-order valence-corrected chi connectivity index (χ1v) is 11.8. The number of halogens is 1. The molecule has 0 spiro atoms. The number of aromatic amines is 1. The molecule has 1 aromatic heterocycles. The van der Waals surface area contributed by atoms with Crippen molar-refractivity contribution in [2.45, 2.75) is 43.7 Å². The van der Waals surface area contributed by atoms with Gasteiger partial charge in [-0.25, -0.2) is 0 Å². The van der Waals surface area contributed by atoms with Crippen LogP contribution >= 0.6 is 23.8 Å². The number of H-pyrrole nitrogens is 1. The number of likely N-dealkylation sites (N-methyl/N-ethyl adjacent to an activating group) is 1. The predicted molar refractivity (Wildman–Crippen MR) is 139 cm³/mol. The number of aromatic nitrogens is 1. The van der Waals surface area contributed by atoms with Crippen molar-refractivity contribution in [3.05, 3.63) is 70.9 Å². The maximum atomic E-state index is 13.4. The molecule has 0 bridgehead atoms. The molecule has 0 saturated heterocycles. The summed E-state index contributed by atoms with van der Waals surface area (Å²) in [7, 11) is 1.68. The highest BCUT2D eigenvalue weighted by Crippen LogP contribution is 2.30. The minimum Gasteiger partial charge on any atom is -0.381 e. The molecule has 0 radical (unpaired) electrons. The Morgan fingerprint density at radius 2 is 1.88 bits per heavy atom. The number of nitrogens with two attached hydrogens (primary N) is 1. The second-order valence-electron chi connectivity index (χ2n) is 8.54. The number of carbonyl (C=O) groups is 2. The minimum atomic E-state index is -2.01. The molecule has 180 valence electrons. The minimum absolute atomic E-state index is 0.00444. The normalized spacial score (nSPS) is 14.7.